The number of rotatable bonds is 6. The van der Waals surface area contributed by atoms with Gasteiger partial charge in [0, 0.05) is 19.0 Å². The average Bonchev–Trinajstić information content (AvgIpc) is 2.45. The van der Waals surface area contributed by atoms with E-state index in [1.165, 1.54) is 0 Å². The van der Waals surface area contributed by atoms with Gasteiger partial charge >= 0.3 is 5.97 Å². The van der Waals surface area contributed by atoms with E-state index < -0.39 is 5.97 Å². The van der Waals surface area contributed by atoms with E-state index in [0.29, 0.717) is 22.3 Å². The van der Waals surface area contributed by atoms with Crippen molar-refractivity contribution in [1.29, 1.82) is 0 Å². The Kier molecular flexibility index (Phi) is 4.75. The van der Waals surface area contributed by atoms with Crippen LogP contribution in [-0.4, -0.2) is 55.2 Å². The van der Waals surface area contributed by atoms with Crippen molar-refractivity contribution >= 4 is 22.7 Å². The third kappa shape index (κ3) is 3.70. The predicted molar refractivity (Wildman–Crippen MR) is 85.1 cm³/mol. The SMILES string of the molecule is CN(C)CCCN(C)c1cc(C(=O)O)c2ccccc2n1. The first-order chi connectivity index (χ1) is 9.99. The molecule has 5 heteroatoms. The molecular weight excluding hydrogens is 266 g/mol. The highest BCUT2D eigenvalue weighted by molar-refractivity contribution is 6.03. The van der Waals surface area contributed by atoms with E-state index in [1.807, 2.05) is 44.2 Å². The molecule has 0 saturated heterocycles. The highest BCUT2D eigenvalue weighted by Gasteiger charge is 2.13. The lowest BCUT2D eigenvalue weighted by atomic mass is 10.1. The Labute approximate surface area is 124 Å². The highest BCUT2D eigenvalue weighted by atomic mass is 16.4. The minimum atomic E-state index is -0.920. The zero-order valence-electron chi connectivity index (χ0n) is 12.7. The largest absolute Gasteiger partial charge is 0.478 e. The third-order valence-corrected chi connectivity index (χ3v) is 3.42. The molecule has 1 aromatic heterocycles. The van der Waals surface area contributed by atoms with Crippen molar-refractivity contribution in [2.24, 2.45) is 0 Å². The Balaban J connectivity index is 2.29. The molecule has 2 aromatic rings. The van der Waals surface area contributed by atoms with Gasteiger partial charge in [-0.2, -0.15) is 0 Å². The Hall–Kier alpha value is -2.14. The van der Waals surface area contributed by atoms with E-state index >= 15 is 0 Å². The van der Waals surface area contributed by atoms with E-state index in [-0.39, 0.29) is 0 Å². The zero-order valence-corrected chi connectivity index (χ0v) is 12.7. The molecule has 1 aromatic carbocycles. The number of nitrogens with zero attached hydrogens (tertiary/aromatic N) is 3. The monoisotopic (exact) mass is 287 g/mol. The van der Waals surface area contributed by atoms with Gasteiger partial charge in [0.15, 0.2) is 0 Å². The molecule has 0 aliphatic carbocycles. The van der Waals surface area contributed by atoms with Crippen LogP contribution in [0.4, 0.5) is 5.82 Å². The topological polar surface area (TPSA) is 56.7 Å². The number of carboxylic acid groups (broad SMARTS) is 1. The maximum atomic E-state index is 11.4. The number of carboxylic acids is 1. The summed E-state index contributed by atoms with van der Waals surface area (Å²) in [6.07, 6.45) is 1.00. The van der Waals surface area contributed by atoms with Crippen LogP contribution in [-0.2, 0) is 0 Å². The van der Waals surface area contributed by atoms with Crippen LogP contribution < -0.4 is 4.90 Å². The van der Waals surface area contributed by atoms with Gasteiger partial charge in [0.1, 0.15) is 5.82 Å². The van der Waals surface area contributed by atoms with Crippen molar-refractivity contribution in [3.05, 3.63) is 35.9 Å². The van der Waals surface area contributed by atoms with Crippen LogP contribution in [0.25, 0.3) is 10.9 Å². The van der Waals surface area contributed by atoms with Gasteiger partial charge in [-0.15, -0.1) is 0 Å². The number of para-hydroxylation sites is 1. The van der Waals surface area contributed by atoms with Crippen LogP contribution in [0, 0.1) is 0 Å². The van der Waals surface area contributed by atoms with E-state index in [4.69, 9.17) is 0 Å². The van der Waals surface area contributed by atoms with Gasteiger partial charge in [-0.1, -0.05) is 18.2 Å². The predicted octanol–water partition coefficient (Wildman–Crippen LogP) is 2.32. The van der Waals surface area contributed by atoms with Crippen LogP contribution in [0.5, 0.6) is 0 Å². The second-order valence-corrected chi connectivity index (χ2v) is 5.43. The number of anilines is 1. The number of hydrogen-bond acceptors (Lipinski definition) is 4. The van der Waals surface area contributed by atoms with Gasteiger partial charge in [-0.05, 0) is 39.2 Å². The number of carbonyl (C=O) groups is 1. The van der Waals surface area contributed by atoms with Gasteiger partial charge in [0.25, 0.3) is 0 Å². The lowest BCUT2D eigenvalue weighted by Crippen LogP contribution is -2.24. The van der Waals surface area contributed by atoms with Gasteiger partial charge in [0.2, 0.25) is 0 Å². The molecule has 5 nitrogen and oxygen atoms in total. The maximum Gasteiger partial charge on any atom is 0.336 e. The summed E-state index contributed by atoms with van der Waals surface area (Å²) in [5, 5.41) is 10.1. The summed E-state index contributed by atoms with van der Waals surface area (Å²) in [5.41, 5.74) is 1.02. The summed E-state index contributed by atoms with van der Waals surface area (Å²) in [6, 6.07) is 8.99. The minimum Gasteiger partial charge on any atom is -0.478 e. The molecule has 0 aliphatic rings. The smallest absolute Gasteiger partial charge is 0.336 e. The van der Waals surface area contributed by atoms with Gasteiger partial charge in [-0.25, -0.2) is 9.78 Å². The molecule has 0 fully saturated rings. The van der Waals surface area contributed by atoms with E-state index in [0.717, 1.165) is 19.5 Å². The van der Waals surface area contributed by atoms with Crippen LogP contribution in [0.15, 0.2) is 30.3 Å². The van der Waals surface area contributed by atoms with Crippen LogP contribution in [0.1, 0.15) is 16.8 Å². The molecule has 0 amide bonds. The molecule has 2 rings (SSSR count). The summed E-state index contributed by atoms with van der Waals surface area (Å²) < 4.78 is 0. The van der Waals surface area contributed by atoms with Crippen molar-refractivity contribution in [3.63, 3.8) is 0 Å². The molecule has 0 radical (unpaired) electrons. The Morgan fingerprint density at radius 1 is 1.19 bits per heavy atom. The number of benzene rings is 1. The fourth-order valence-corrected chi connectivity index (χ4v) is 2.27. The molecule has 21 heavy (non-hydrogen) atoms. The molecule has 0 saturated carbocycles. The second-order valence-electron chi connectivity index (χ2n) is 5.43. The lowest BCUT2D eigenvalue weighted by molar-refractivity contribution is 0.0699. The van der Waals surface area contributed by atoms with Crippen LogP contribution in [0.3, 0.4) is 0 Å². The summed E-state index contributed by atoms with van der Waals surface area (Å²) in [7, 11) is 6.02. The first-order valence-electron chi connectivity index (χ1n) is 6.98. The maximum absolute atomic E-state index is 11.4. The van der Waals surface area contributed by atoms with Crippen molar-refractivity contribution in [2.45, 2.75) is 6.42 Å². The molecule has 0 bridgehead atoms. The van der Waals surface area contributed by atoms with E-state index in [1.54, 1.807) is 12.1 Å². The Morgan fingerprint density at radius 2 is 1.90 bits per heavy atom. The number of pyridine rings is 1. The summed E-state index contributed by atoms with van der Waals surface area (Å²) in [6.45, 7) is 1.83. The number of aromatic nitrogens is 1. The van der Waals surface area contributed by atoms with Gasteiger partial charge in [0.05, 0.1) is 11.1 Å². The van der Waals surface area contributed by atoms with Gasteiger partial charge in [-0.3, -0.25) is 0 Å². The fourth-order valence-electron chi connectivity index (χ4n) is 2.27. The van der Waals surface area contributed by atoms with E-state index in [9.17, 15) is 9.90 Å². The van der Waals surface area contributed by atoms with Crippen LogP contribution in [0.2, 0.25) is 0 Å². The molecule has 0 atom stereocenters. The third-order valence-electron chi connectivity index (χ3n) is 3.42. The molecule has 0 aliphatic heterocycles. The molecule has 1 heterocycles. The van der Waals surface area contributed by atoms with Crippen molar-refractivity contribution in [3.8, 4) is 0 Å². The summed E-state index contributed by atoms with van der Waals surface area (Å²) in [4.78, 5) is 20.1. The van der Waals surface area contributed by atoms with Gasteiger partial charge < -0.3 is 14.9 Å². The fraction of sp³-hybridized carbons (Fsp3) is 0.375. The zero-order chi connectivity index (χ0) is 15.4. The highest BCUT2D eigenvalue weighted by Crippen LogP contribution is 2.22. The molecule has 112 valence electrons. The van der Waals surface area contributed by atoms with E-state index in [2.05, 4.69) is 9.88 Å². The molecule has 1 N–H and O–H groups in total. The summed E-state index contributed by atoms with van der Waals surface area (Å²) >= 11 is 0. The van der Waals surface area contributed by atoms with Crippen molar-refractivity contribution < 1.29 is 9.90 Å². The van der Waals surface area contributed by atoms with Crippen LogP contribution >= 0.6 is 0 Å². The standard InChI is InChI=1S/C16H21N3O2/c1-18(2)9-6-10-19(3)15-11-13(16(20)21)12-7-4-5-8-14(12)17-15/h4-5,7-8,11H,6,9-10H2,1-3H3,(H,20,21). The molecule has 0 unspecified atom stereocenters. The average molecular weight is 287 g/mol. The van der Waals surface area contributed by atoms with Crippen molar-refractivity contribution in [1.82, 2.24) is 9.88 Å². The second kappa shape index (κ2) is 6.54. The summed E-state index contributed by atoms with van der Waals surface area (Å²) in [5.74, 6) is -0.221. The Morgan fingerprint density at radius 3 is 2.57 bits per heavy atom. The first kappa shape index (κ1) is 15.3. The quantitative estimate of drug-likeness (QED) is 0.883. The number of hydrogen-bond donors (Lipinski definition) is 1. The molecule has 0 spiro atoms. The normalized spacial score (nSPS) is 11.0. The molecular formula is C16H21N3O2. The number of fused-ring (bicyclic) bond motifs is 1. The van der Waals surface area contributed by atoms with Crippen molar-refractivity contribution in [2.75, 3.05) is 39.1 Å². The minimum absolute atomic E-state index is 0.301. The Bertz CT molecular complexity index is 640. The number of aromatic carboxylic acids is 1. The first-order valence-corrected chi connectivity index (χ1v) is 6.98. The lowest BCUT2D eigenvalue weighted by Gasteiger charge is -2.20.